The smallest absolute Gasteiger partial charge is 0.317 e. The third kappa shape index (κ3) is 5.86. The van der Waals surface area contributed by atoms with Crippen LogP contribution in [0.25, 0.3) is 0 Å². The molecular formula is C22H21N3O5. The van der Waals surface area contributed by atoms with Crippen molar-refractivity contribution in [1.29, 1.82) is 0 Å². The molecule has 3 aromatic rings. The van der Waals surface area contributed by atoms with Crippen molar-refractivity contribution >= 4 is 11.4 Å². The molecule has 0 saturated heterocycles. The lowest BCUT2D eigenvalue weighted by atomic mass is 10.1. The molecule has 0 unspecified atom stereocenters. The summed E-state index contributed by atoms with van der Waals surface area (Å²) in [7, 11) is 0. The average molecular weight is 407 g/mol. The minimum Gasteiger partial charge on any atom is -0.485 e. The number of hydrogen-bond acceptors (Lipinski definition) is 6. The predicted molar refractivity (Wildman–Crippen MR) is 112 cm³/mol. The van der Waals surface area contributed by atoms with Crippen molar-refractivity contribution in [1.82, 2.24) is 4.90 Å². The molecule has 30 heavy (non-hydrogen) atoms. The Labute approximate surface area is 173 Å². The monoisotopic (exact) mass is 407 g/mol. The molecule has 8 nitrogen and oxygen atoms in total. The Kier molecular flexibility index (Phi) is 7.07. The van der Waals surface area contributed by atoms with Crippen LogP contribution in [0, 0.1) is 20.2 Å². The van der Waals surface area contributed by atoms with Gasteiger partial charge in [-0.3, -0.25) is 25.1 Å². The molecule has 0 bridgehead atoms. The van der Waals surface area contributed by atoms with E-state index in [0.29, 0.717) is 19.6 Å². The van der Waals surface area contributed by atoms with E-state index in [1.807, 2.05) is 60.7 Å². The Balaban J connectivity index is 1.69. The lowest BCUT2D eigenvalue weighted by molar-refractivity contribution is -0.394. The second-order valence-corrected chi connectivity index (χ2v) is 6.70. The lowest BCUT2D eigenvalue weighted by Crippen LogP contribution is -2.27. The number of nitro benzene ring substituents is 2. The predicted octanol–water partition coefficient (Wildman–Crippen LogP) is 4.58. The highest BCUT2D eigenvalue weighted by molar-refractivity contribution is 5.53. The summed E-state index contributed by atoms with van der Waals surface area (Å²) >= 11 is 0. The standard InChI is InChI=1S/C22H21N3O5/c26-24(27)20-11-12-22(21(15-20)25(28)29)30-14-13-23(16-18-7-3-1-4-8-18)17-19-9-5-2-6-10-19/h1-12,15H,13-14,16-17H2. The van der Waals surface area contributed by atoms with E-state index in [4.69, 9.17) is 4.74 Å². The second kappa shape index (κ2) is 10.1. The van der Waals surface area contributed by atoms with Gasteiger partial charge in [-0.05, 0) is 17.2 Å². The van der Waals surface area contributed by atoms with Gasteiger partial charge in [-0.15, -0.1) is 0 Å². The van der Waals surface area contributed by atoms with Crippen molar-refractivity contribution in [3.05, 3.63) is 110 Å². The van der Waals surface area contributed by atoms with E-state index in [1.54, 1.807) is 0 Å². The average Bonchev–Trinajstić information content (AvgIpc) is 2.75. The summed E-state index contributed by atoms with van der Waals surface area (Å²) in [6.45, 7) is 2.12. The molecule has 154 valence electrons. The molecule has 0 aliphatic rings. The number of nitro groups is 2. The van der Waals surface area contributed by atoms with Crippen LogP contribution in [0.5, 0.6) is 5.75 Å². The third-order valence-electron chi connectivity index (χ3n) is 4.51. The molecule has 8 heteroatoms. The van der Waals surface area contributed by atoms with E-state index in [-0.39, 0.29) is 18.0 Å². The Morgan fingerprint density at radius 1 is 0.767 bits per heavy atom. The fraction of sp³-hybridized carbons (Fsp3) is 0.182. The third-order valence-corrected chi connectivity index (χ3v) is 4.51. The first kappa shape index (κ1) is 20.9. The molecule has 3 aromatic carbocycles. The molecule has 0 atom stereocenters. The van der Waals surface area contributed by atoms with Gasteiger partial charge in [0, 0.05) is 25.7 Å². The number of ether oxygens (including phenoxy) is 1. The van der Waals surface area contributed by atoms with Gasteiger partial charge in [-0.1, -0.05) is 60.7 Å². The van der Waals surface area contributed by atoms with Crippen LogP contribution in [-0.4, -0.2) is 27.9 Å². The topological polar surface area (TPSA) is 98.8 Å². The maximum absolute atomic E-state index is 11.3. The number of benzene rings is 3. The fourth-order valence-electron chi connectivity index (χ4n) is 3.07. The van der Waals surface area contributed by atoms with Crippen LogP contribution >= 0.6 is 0 Å². The van der Waals surface area contributed by atoms with Crippen molar-refractivity contribution < 1.29 is 14.6 Å². The van der Waals surface area contributed by atoms with Crippen molar-refractivity contribution in [3.8, 4) is 5.75 Å². The number of hydrogen-bond donors (Lipinski definition) is 0. The molecule has 0 aliphatic carbocycles. The summed E-state index contributed by atoms with van der Waals surface area (Å²) in [6.07, 6.45) is 0. The first-order valence-electron chi connectivity index (χ1n) is 9.39. The van der Waals surface area contributed by atoms with Crippen LogP contribution in [0.3, 0.4) is 0 Å². The van der Waals surface area contributed by atoms with Crippen molar-refractivity contribution in [3.63, 3.8) is 0 Å². The molecule has 0 heterocycles. The van der Waals surface area contributed by atoms with Gasteiger partial charge in [0.25, 0.3) is 5.69 Å². The number of rotatable bonds is 10. The maximum atomic E-state index is 11.3. The van der Waals surface area contributed by atoms with E-state index in [0.717, 1.165) is 17.2 Å². The first-order valence-corrected chi connectivity index (χ1v) is 9.39. The molecule has 0 spiro atoms. The number of nitrogens with zero attached hydrogens (tertiary/aromatic N) is 3. The molecule has 0 aliphatic heterocycles. The van der Waals surface area contributed by atoms with Crippen molar-refractivity contribution in [2.45, 2.75) is 13.1 Å². The van der Waals surface area contributed by atoms with E-state index < -0.39 is 15.5 Å². The SMILES string of the molecule is O=[N+]([O-])c1ccc(OCCN(Cc2ccccc2)Cc2ccccc2)c([N+](=O)[O-])c1. The van der Waals surface area contributed by atoms with Gasteiger partial charge < -0.3 is 4.74 Å². The van der Waals surface area contributed by atoms with Crippen molar-refractivity contribution in [2.24, 2.45) is 0 Å². The summed E-state index contributed by atoms with van der Waals surface area (Å²) in [6, 6.07) is 23.4. The highest BCUT2D eigenvalue weighted by atomic mass is 16.6. The van der Waals surface area contributed by atoms with Crippen LogP contribution in [-0.2, 0) is 13.1 Å². The Morgan fingerprint density at radius 3 is 1.83 bits per heavy atom. The summed E-state index contributed by atoms with van der Waals surface area (Å²) < 4.78 is 5.63. The van der Waals surface area contributed by atoms with Crippen LogP contribution in [0.4, 0.5) is 11.4 Å². The molecular weight excluding hydrogens is 386 g/mol. The lowest BCUT2D eigenvalue weighted by Gasteiger charge is -2.22. The maximum Gasteiger partial charge on any atom is 0.317 e. The van der Waals surface area contributed by atoms with Gasteiger partial charge in [0.1, 0.15) is 6.61 Å². The molecule has 0 radical (unpaired) electrons. The summed E-state index contributed by atoms with van der Waals surface area (Å²) in [5.74, 6) is 0.0185. The fourth-order valence-corrected chi connectivity index (χ4v) is 3.07. The van der Waals surface area contributed by atoms with E-state index in [9.17, 15) is 20.2 Å². The van der Waals surface area contributed by atoms with Gasteiger partial charge in [0.15, 0.2) is 5.75 Å². The summed E-state index contributed by atoms with van der Waals surface area (Å²) in [5.41, 5.74) is 1.54. The highest BCUT2D eigenvalue weighted by Gasteiger charge is 2.21. The Hall–Kier alpha value is -3.78. The first-order chi connectivity index (χ1) is 14.5. The van der Waals surface area contributed by atoms with Gasteiger partial charge in [-0.25, -0.2) is 0 Å². The molecule has 0 amide bonds. The van der Waals surface area contributed by atoms with Crippen LogP contribution in [0.15, 0.2) is 78.9 Å². The largest absolute Gasteiger partial charge is 0.485 e. The van der Waals surface area contributed by atoms with E-state index in [1.165, 1.54) is 12.1 Å². The van der Waals surface area contributed by atoms with Gasteiger partial charge >= 0.3 is 5.69 Å². The van der Waals surface area contributed by atoms with E-state index in [2.05, 4.69) is 4.90 Å². The zero-order valence-electron chi connectivity index (χ0n) is 16.2. The van der Waals surface area contributed by atoms with Crippen LogP contribution in [0.1, 0.15) is 11.1 Å². The zero-order chi connectivity index (χ0) is 21.3. The molecule has 0 aromatic heterocycles. The zero-order valence-corrected chi connectivity index (χ0v) is 16.2. The van der Waals surface area contributed by atoms with Gasteiger partial charge in [0.05, 0.1) is 15.9 Å². The Morgan fingerprint density at radius 2 is 1.33 bits per heavy atom. The minimum atomic E-state index is -0.673. The molecule has 0 N–H and O–H groups in total. The molecule has 0 fully saturated rings. The molecule has 0 saturated carbocycles. The highest BCUT2D eigenvalue weighted by Crippen LogP contribution is 2.31. The number of non-ortho nitro benzene ring substituents is 1. The van der Waals surface area contributed by atoms with Gasteiger partial charge in [-0.2, -0.15) is 0 Å². The van der Waals surface area contributed by atoms with Gasteiger partial charge in [0.2, 0.25) is 0 Å². The second-order valence-electron chi connectivity index (χ2n) is 6.70. The Bertz CT molecular complexity index is 955. The molecule has 3 rings (SSSR count). The summed E-state index contributed by atoms with van der Waals surface area (Å²) in [4.78, 5) is 23.0. The quantitative estimate of drug-likeness (QED) is 0.360. The van der Waals surface area contributed by atoms with Crippen molar-refractivity contribution in [2.75, 3.05) is 13.2 Å². The van der Waals surface area contributed by atoms with Crippen LogP contribution < -0.4 is 4.74 Å². The normalized spacial score (nSPS) is 10.7. The van der Waals surface area contributed by atoms with Crippen LogP contribution in [0.2, 0.25) is 0 Å². The summed E-state index contributed by atoms with van der Waals surface area (Å²) in [5, 5.41) is 22.1. The van der Waals surface area contributed by atoms with E-state index >= 15 is 0 Å². The minimum absolute atomic E-state index is 0.0185.